The standard InChI is InChI=1S/C12H18BrNOS/c13-10-7-12(16-9-10)8-14-5-2-1-3-11(14)4-6-15/h7,9,11,15H,1-6,8H2. The third kappa shape index (κ3) is 3.29. The summed E-state index contributed by atoms with van der Waals surface area (Å²) in [6.07, 6.45) is 4.78. The van der Waals surface area contributed by atoms with Crippen molar-refractivity contribution >= 4 is 27.3 Å². The summed E-state index contributed by atoms with van der Waals surface area (Å²) in [5.74, 6) is 0. The van der Waals surface area contributed by atoms with Crippen LogP contribution in [-0.2, 0) is 6.54 Å². The molecule has 1 N–H and O–H groups in total. The summed E-state index contributed by atoms with van der Waals surface area (Å²) in [7, 11) is 0. The number of hydrogen-bond acceptors (Lipinski definition) is 3. The van der Waals surface area contributed by atoms with Crippen molar-refractivity contribution in [2.24, 2.45) is 0 Å². The minimum absolute atomic E-state index is 0.315. The number of halogens is 1. The second kappa shape index (κ2) is 6.15. The summed E-state index contributed by atoms with van der Waals surface area (Å²) in [6.45, 7) is 2.54. The number of piperidine rings is 1. The van der Waals surface area contributed by atoms with Crippen LogP contribution < -0.4 is 0 Å². The molecule has 1 aliphatic rings. The molecule has 0 aromatic carbocycles. The molecule has 2 heterocycles. The van der Waals surface area contributed by atoms with Crippen LogP contribution >= 0.6 is 27.3 Å². The maximum absolute atomic E-state index is 9.07. The molecule has 1 saturated heterocycles. The first-order chi connectivity index (χ1) is 7.79. The van der Waals surface area contributed by atoms with Gasteiger partial charge < -0.3 is 5.11 Å². The molecule has 1 atom stereocenters. The van der Waals surface area contributed by atoms with E-state index in [9.17, 15) is 0 Å². The van der Waals surface area contributed by atoms with E-state index in [-0.39, 0.29) is 0 Å². The third-order valence-electron chi connectivity index (χ3n) is 3.19. The summed E-state index contributed by atoms with van der Waals surface area (Å²) in [4.78, 5) is 3.94. The van der Waals surface area contributed by atoms with Crippen molar-refractivity contribution in [2.75, 3.05) is 13.2 Å². The average molecular weight is 304 g/mol. The van der Waals surface area contributed by atoms with Crippen molar-refractivity contribution in [3.05, 3.63) is 20.8 Å². The number of aliphatic hydroxyl groups is 1. The van der Waals surface area contributed by atoms with Gasteiger partial charge in [0.2, 0.25) is 0 Å². The summed E-state index contributed by atoms with van der Waals surface area (Å²) >= 11 is 5.31. The van der Waals surface area contributed by atoms with Crippen molar-refractivity contribution in [1.82, 2.24) is 4.90 Å². The highest BCUT2D eigenvalue weighted by atomic mass is 79.9. The van der Waals surface area contributed by atoms with Gasteiger partial charge in [0.1, 0.15) is 0 Å². The molecule has 0 bridgehead atoms. The van der Waals surface area contributed by atoms with Crippen molar-refractivity contribution < 1.29 is 5.11 Å². The minimum Gasteiger partial charge on any atom is -0.396 e. The Hall–Kier alpha value is 0.1000. The fourth-order valence-corrected chi connectivity index (χ4v) is 3.86. The van der Waals surface area contributed by atoms with Crippen LogP contribution in [0, 0.1) is 0 Å². The van der Waals surface area contributed by atoms with Crippen LogP contribution in [-0.4, -0.2) is 29.2 Å². The second-order valence-corrected chi connectivity index (χ2v) is 6.28. The Kier molecular flexibility index (Phi) is 4.82. The molecular weight excluding hydrogens is 286 g/mol. The van der Waals surface area contributed by atoms with Gasteiger partial charge in [-0.3, -0.25) is 4.90 Å². The van der Waals surface area contributed by atoms with Crippen LogP contribution in [0.1, 0.15) is 30.6 Å². The van der Waals surface area contributed by atoms with E-state index in [0.29, 0.717) is 12.6 Å². The molecular formula is C12H18BrNOS. The van der Waals surface area contributed by atoms with Gasteiger partial charge in [-0.15, -0.1) is 11.3 Å². The molecule has 0 spiro atoms. The van der Waals surface area contributed by atoms with Gasteiger partial charge in [-0.2, -0.15) is 0 Å². The molecule has 1 aliphatic heterocycles. The summed E-state index contributed by atoms with van der Waals surface area (Å²) < 4.78 is 1.18. The Morgan fingerprint density at radius 1 is 1.50 bits per heavy atom. The lowest BCUT2D eigenvalue weighted by Gasteiger charge is -2.35. The normalized spacial score (nSPS) is 22.5. The number of aliphatic hydroxyl groups excluding tert-OH is 1. The molecule has 1 unspecified atom stereocenters. The fraction of sp³-hybridized carbons (Fsp3) is 0.667. The van der Waals surface area contributed by atoms with E-state index >= 15 is 0 Å². The summed E-state index contributed by atoms with van der Waals surface area (Å²) in [5.41, 5.74) is 0. The van der Waals surface area contributed by atoms with E-state index in [2.05, 4.69) is 32.3 Å². The Balaban J connectivity index is 1.95. The fourth-order valence-electron chi connectivity index (χ4n) is 2.38. The lowest BCUT2D eigenvalue weighted by atomic mass is 9.99. The monoisotopic (exact) mass is 303 g/mol. The van der Waals surface area contributed by atoms with Gasteiger partial charge in [0.05, 0.1) is 0 Å². The quantitative estimate of drug-likeness (QED) is 0.923. The first kappa shape index (κ1) is 12.6. The van der Waals surface area contributed by atoms with Crippen LogP contribution in [0.15, 0.2) is 15.9 Å². The van der Waals surface area contributed by atoms with Gasteiger partial charge >= 0.3 is 0 Å². The topological polar surface area (TPSA) is 23.5 Å². The maximum atomic E-state index is 9.07. The van der Waals surface area contributed by atoms with E-state index in [4.69, 9.17) is 5.11 Å². The van der Waals surface area contributed by atoms with Gasteiger partial charge in [0, 0.05) is 33.9 Å². The first-order valence-corrected chi connectivity index (χ1v) is 7.54. The SMILES string of the molecule is OCCC1CCCCN1Cc1cc(Br)cs1. The van der Waals surface area contributed by atoms with E-state index < -0.39 is 0 Å². The van der Waals surface area contributed by atoms with E-state index in [1.807, 2.05) is 11.3 Å². The molecule has 1 aromatic rings. The van der Waals surface area contributed by atoms with Crippen molar-refractivity contribution in [2.45, 2.75) is 38.3 Å². The zero-order valence-corrected chi connectivity index (χ0v) is 11.8. The molecule has 4 heteroatoms. The van der Waals surface area contributed by atoms with E-state index in [0.717, 1.165) is 13.0 Å². The minimum atomic E-state index is 0.315. The zero-order chi connectivity index (χ0) is 11.4. The second-order valence-electron chi connectivity index (χ2n) is 4.36. The molecule has 2 nitrogen and oxygen atoms in total. The Bertz CT molecular complexity index is 327. The number of rotatable bonds is 4. The Morgan fingerprint density at radius 3 is 3.06 bits per heavy atom. The first-order valence-electron chi connectivity index (χ1n) is 5.87. The van der Waals surface area contributed by atoms with Crippen LogP contribution in [0.3, 0.4) is 0 Å². The Morgan fingerprint density at radius 2 is 2.38 bits per heavy atom. The number of thiophene rings is 1. The molecule has 1 aromatic heterocycles. The number of likely N-dealkylation sites (tertiary alicyclic amines) is 1. The van der Waals surface area contributed by atoms with Crippen molar-refractivity contribution in [1.29, 1.82) is 0 Å². The molecule has 0 radical (unpaired) electrons. The maximum Gasteiger partial charge on any atom is 0.0445 e. The van der Waals surface area contributed by atoms with E-state index in [1.54, 1.807) is 0 Å². The summed E-state index contributed by atoms with van der Waals surface area (Å²) in [6, 6.07) is 2.79. The van der Waals surface area contributed by atoms with Crippen LogP contribution in [0.2, 0.25) is 0 Å². The number of hydrogen-bond donors (Lipinski definition) is 1. The lowest BCUT2D eigenvalue weighted by Crippen LogP contribution is -2.39. The third-order valence-corrected chi connectivity index (χ3v) is 4.87. The predicted octanol–water partition coefficient (Wildman–Crippen LogP) is 3.25. The van der Waals surface area contributed by atoms with E-state index in [1.165, 1.54) is 35.2 Å². The molecule has 1 fully saturated rings. The van der Waals surface area contributed by atoms with Crippen LogP contribution in [0.5, 0.6) is 0 Å². The lowest BCUT2D eigenvalue weighted by molar-refractivity contribution is 0.113. The molecule has 16 heavy (non-hydrogen) atoms. The van der Waals surface area contributed by atoms with Crippen LogP contribution in [0.25, 0.3) is 0 Å². The van der Waals surface area contributed by atoms with Gasteiger partial charge in [-0.25, -0.2) is 0 Å². The highest BCUT2D eigenvalue weighted by molar-refractivity contribution is 9.10. The van der Waals surface area contributed by atoms with Gasteiger partial charge in [-0.1, -0.05) is 6.42 Å². The largest absolute Gasteiger partial charge is 0.396 e. The van der Waals surface area contributed by atoms with Gasteiger partial charge in [0.15, 0.2) is 0 Å². The van der Waals surface area contributed by atoms with Crippen molar-refractivity contribution in [3.8, 4) is 0 Å². The molecule has 0 amide bonds. The number of nitrogens with zero attached hydrogens (tertiary/aromatic N) is 1. The highest BCUT2D eigenvalue weighted by Gasteiger charge is 2.22. The zero-order valence-electron chi connectivity index (χ0n) is 9.36. The Labute approximate surface area is 109 Å². The molecule has 2 rings (SSSR count). The highest BCUT2D eigenvalue weighted by Crippen LogP contribution is 2.26. The summed E-state index contributed by atoms with van der Waals surface area (Å²) in [5, 5.41) is 11.2. The van der Waals surface area contributed by atoms with Crippen molar-refractivity contribution in [3.63, 3.8) is 0 Å². The van der Waals surface area contributed by atoms with Gasteiger partial charge in [0.25, 0.3) is 0 Å². The molecule has 0 aliphatic carbocycles. The average Bonchev–Trinajstić information content (AvgIpc) is 2.67. The van der Waals surface area contributed by atoms with Crippen LogP contribution in [0.4, 0.5) is 0 Å². The molecule has 90 valence electrons. The smallest absolute Gasteiger partial charge is 0.0445 e. The van der Waals surface area contributed by atoms with Gasteiger partial charge in [-0.05, 0) is 47.8 Å². The molecule has 0 saturated carbocycles. The predicted molar refractivity (Wildman–Crippen MR) is 71.8 cm³/mol.